The van der Waals surface area contributed by atoms with Gasteiger partial charge in [-0.2, -0.15) is 0 Å². The van der Waals surface area contributed by atoms with Gasteiger partial charge < -0.3 is 24.4 Å². The number of piperidine rings is 1. The van der Waals surface area contributed by atoms with Crippen molar-refractivity contribution in [3.63, 3.8) is 0 Å². The second kappa shape index (κ2) is 8.15. The number of nitrogens with one attached hydrogen (secondary N) is 1. The fourth-order valence-corrected chi connectivity index (χ4v) is 5.54. The summed E-state index contributed by atoms with van der Waals surface area (Å²) >= 11 is 0. The number of amides is 2. The van der Waals surface area contributed by atoms with Gasteiger partial charge in [-0.25, -0.2) is 4.98 Å². The van der Waals surface area contributed by atoms with Crippen molar-refractivity contribution in [2.45, 2.75) is 62.1 Å². The highest BCUT2D eigenvalue weighted by atomic mass is 16.5. The molecule has 5 aliphatic rings. The number of carbonyl (C=O) groups excluding carboxylic acids is 2. The smallest absolute Gasteiger partial charge is 0.260 e. The fraction of sp³-hybridized carbons (Fsp3) is 0.682. The first kappa shape index (κ1) is 19.8. The quantitative estimate of drug-likeness (QED) is 0.689. The van der Waals surface area contributed by atoms with Crippen LogP contribution in [0.25, 0.3) is 0 Å². The zero-order valence-corrected chi connectivity index (χ0v) is 17.2. The normalized spacial score (nSPS) is 34.7. The van der Waals surface area contributed by atoms with E-state index < -0.39 is 5.54 Å². The summed E-state index contributed by atoms with van der Waals surface area (Å²) in [4.78, 5) is 31.6. The van der Waals surface area contributed by atoms with Gasteiger partial charge in [-0.15, -0.1) is 0 Å². The summed E-state index contributed by atoms with van der Waals surface area (Å²) < 4.78 is 17.9. The molecule has 1 N–H and O–H groups in total. The number of carbonyl (C=O) groups is 2. The van der Waals surface area contributed by atoms with Crippen molar-refractivity contribution in [1.29, 1.82) is 0 Å². The van der Waals surface area contributed by atoms with E-state index in [4.69, 9.17) is 14.2 Å². The molecular weight excluding hydrogens is 386 g/mol. The Balaban J connectivity index is 1.46. The molecule has 1 aliphatic carbocycles. The first-order chi connectivity index (χ1) is 14.6. The van der Waals surface area contributed by atoms with E-state index in [1.165, 1.54) is 0 Å². The predicted octanol–water partition coefficient (Wildman–Crippen LogP) is 1.39. The molecule has 1 aromatic rings. The van der Waals surface area contributed by atoms with Gasteiger partial charge >= 0.3 is 0 Å². The minimum absolute atomic E-state index is 0.0679. The summed E-state index contributed by atoms with van der Waals surface area (Å²) in [7, 11) is 0. The largest absolute Gasteiger partial charge is 0.467 e. The fourth-order valence-electron chi connectivity index (χ4n) is 5.54. The third-order valence-corrected chi connectivity index (χ3v) is 7.07. The van der Waals surface area contributed by atoms with E-state index >= 15 is 0 Å². The lowest BCUT2D eigenvalue weighted by Gasteiger charge is -2.51. The zero-order chi connectivity index (χ0) is 20.6. The number of hydrogen-bond donors (Lipinski definition) is 1. The Kier molecular flexibility index (Phi) is 5.37. The molecule has 162 valence electrons. The topological polar surface area (TPSA) is 90.0 Å². The lowest BCUT2D eigenvalue weighted by molar-refractivity contribution is -0.156. The number of nitrogens with zero attached hydrogens (tertiary/aromatic N) is 2. The summed E-state index contributed by atoms with van der Waals surface area (Å²) in [5.41, 5.74) is 0.485. The summed E-state index contributed by atoms with van der Waals surface area (Å²) in [6, 6.07) is 3.72. The van der Waals surface area contributed by atoms with Crippen LogP contribution in [0.2, 0.25) is 0 Å². The Hall–Kier alpha value is -2.19. The van der Waals surface area contributed by atoms with Gasteiger partial charge in [-0.05, 0) is 50.5 Å². The van der Waals surface area contributed by atoms with Crippen LogP contribution in [0.1, 0.15) is 50.0 Å². The number of ether oxygens (including phenoxy) is 3. The molecule has 8 nitrogen and oxygen atoms in total. The number of aromatic nitrogens is 1. The van der Waals surface area contributed by atoms with Gasteiger partial charge in [0.1, 0.15) is 6.61 Å². The third-order valence-electron chi connectivity index (χ3n) is 7.07. The van der Waals surface area contributed by atoms with Crippen molar-refractivity contribution in [2.24, 2.45) is 0 Å². The van der Waals surface area contributed by atoms with Crippen LogP contribution >= 0.6 is 0 Å². The molecule has 3 fully saturated rings. The highest BCUT2D eigenvalue weighted by molar-refractivity contribution is 5.81. The average molecular weight is 415 g/mol. The lowest BCUT2D eigenvalue weighted by Crippen LogP contribution is -2.72. The molecule has 2 bridgehead atoms. The minimum Gasteiger partial charge on any atom is -0.467 e. The van der Waals surface area contributed by atoms with Gasteiger partial charge in [-0.3, -0.25) is 9.59 Å². The molecule has 4 aliphatic heterocycles. The van der Waals surface area contributed by atoms with Gasteiger partial charge in [0.05, 0.1) is 30.9 Å². The second-order valence-corrected chi connectivity index (χ2v) is 8.90. The molecule has 5 heterocycles. The molecule has 6 rings (SSSR count). The van der Waals surface area contributed by atoms with E-state index in [0.717, 1.165) is 44.1 Å². The Morgan fingerprint density at radius 2 is 2.03 bits per heavy atom. The highest BCUT2D eigenvalue weighted by Gasteiger charge is 2.49. The summed E-state index contributed by atoms with van der Waals surface area (Å²) in [6.45, 7) is 1.42. The monoisotopic (exact) mass is 415 g/mol. The van der Waals surface area contributed by atoms with Gasteiger partial charge in [0.15, 0.2) is 6.61 Å². The van der Waals surface area contributed by atoms with E-state index in [2.05, 4.69) is 16.4 Å². The van der Waals surface area contributed by atoms with Crippen molar-refractivity contribution < 1.29 is 23.8 Å². The number of fused-ring (bicyclic) bond motifs is 5. The molecular formula is C22H29N3O5. The molecule has 0 radical (unpaired) electrons. The van der Waals surface area contributed by atoms with Crippen LogP contribution in [-0.4, -0.2) is 72.4 Å². The van der Waals surface area contributed by atoms with Crippen LogP contribution in [0, 0.1) is 0 Å². The molecule has 1 aromatic heterocycles. The number of morpholine rings is 1. The summed E-state index contributed by atoms with van der Waals surface area (Å²) in [6.07, 6.45) is 7.41. The number of pyridine rings is 1. The van der Waals surface area contributed by atoms with Crippen molar-refractivity contribution in [1.82, 2.24) is 15.2 Å². The third kappa shape index (κ3) is 3.67. The van der Waals surface area contributed by atoms with E-state index in [1.807, 2.05) is 11.0 Å². The lowest BCUT2D eigenvalue weighted by atomic mass is 9.80. The van der Waals surface area contributed by atoms with Gasteiger partial charge in [0, 0.05) is 18.3 Å². The summed E-state index contributed by atoms with van der Waals surface area (Å²) in [5.74, 6) is 0.704. The number of hydrogen-bond acceptors (Lipinski definition) is 6. The maximum atomic E-state index is 13.2. The molecule has 1 spiro atoms. The first-order valence-corrected chi connectivity index (χ1v) is 11.0. The Morgan fingerprint density at radius 3 is 2.87 bits per heavy atom. The van der Waals surface area contributed by atoms with Crippen molar-refractivity contribution in [2.75, 3.05) is 33.0 Å². The van der Waals surface area contributed by atoms with Crippen LogP contribution in [0.4, 0.5) is 0 Å². The molecule has 1 saturated carbocycles. The number of rotatable bonds is 0. The molecule has 30 heavy (non-hydrogen) atoms. The van der Waals surface area contributed by atoms with E-state index in [0.29, 0.717) is 31.6 Å². The minimum atomic E-state index is -0.600. The Morgan fingerprint density at radius 1 is 1.17 bits per heavy atom. The standard InChI is InChI=1S/C22H29N3O5/c26-19-12-28-14-22(24-19)8-2-10-25-18(22)11-29-16-6-4-15(5-7-16)17-3-1-9-23-21(17)30-13-20(25)27/h1,3,9,15-16,18H,2,4-8,10-14H2,(H,24,26)/t15-,16+,18-,22+/m1/s1. The van der Waals surface area contributed by atoms with Crippen LogP contribution in [0.5, 0.6) is 5.88 Å². The van der Waals surface area contributed by atoms with Crippen LogP contribution < -0.4 is 10.1 Å². The van der Waals surface area contributed by atoms with Gasteiger partial charge in [0.25, 0.3) is 5.91 Å². The summed E-state index contributed by atoms with van der Waals surface area (Å²) in [5, 5.41) is 3.14. The van der Waals surface area contributed by atoms with E-state index in [-0.39, 0.29) is 37.2 Å². The molecule has 0 aromatic carbocycles. The molecule has 2 saturated heterocycles. The highest BCUT2D eigenvalue weighted by Crippen LogP contribution is 2.39. The maximum absolute atomic E-state index is 13.2. The van der Waals surface area contributed by atoms with Crippen LogP contribution in [0.3, 0.4) is 0 Å². The average Bonchev–Trinajstić information content (AvgIpc) is 2.78. The SMILES string of the molecule is O=C1COC[C@]2(CCCN3C(=O)COc4ncccc4[C@H]4CC[C@H](CC4)OC[C@@H]32)N1. The predicted molar refractivity (Wildman–Crippen MR) is 107 cm³/mol. The van der Waals surface area contributed by atoms with Gasteiger partial charge in [0.2, 0.25) is 11.8 Å². The second-order valence-electron chi connectivity index (χ2n) is 8.90. The molecule has 8 heteroatoms. The molecule has 0 unspecified atom stereocenters. The van der Waals surface area contributed by atoms with Crippen molar-refractivity contribution in [3.8, 4) is 5.88 Å². The Bertz CT molecular complexity index is 806. The van der Waals surface area contributed by atoms with Crippen LogP contribution in [0.15, 0.2) is 18.3 Å². The Labute approximate surface area is 176 Å². The van der Waals surface area contributed by atoms with Crippen molar-refractivity contribution in [3.05, 3.63) is 23.9 Å². The maximum Gasteiger partial charge on any atom is 0.260 e. The molecule has 2 atom stereocenters. The van der Waals surface area contributed by atoms with Gasteiger partial charge in [-0.1, -0.05) is 6.07 Å². The molecule has 2 amide bonds. The van der Waals surface area contributed by atoms with Crippen LogP contribution in [-0.2, 0) is 19.1 Å². The zero-order valence-electron chi connectivity index (χ0n) is 17.2. The van der Waals surface area contributed by atoms with Crippen molar-refractivity contribution >= 4 is 11.8 Å². The first-order valence-electron chi connectivity index (χ1n) is 11.0. The van der Waals surface area contributed by atoms with E-state index in [9.17, 15) is 9.59 Å². The van der Waals surface area contributed by atoms with E-state index in [1.54, 1.807) is 6.20 Å².